The van der Waals surface area contributed by atoms with Crippen LogP contribution in [0, 0.1) is 30.6 Å². The van der Waals surface area contributed by atoms with Gasteiger partial charge < -0.3 is 36.1 Å². The molecule has 10 nitrogen and oxygen atoms in total. The zero-order valence-electron chi connectivity index (χ0n) is 4.75. The van der Waals surface area contributed by atoms with Crippen LogP contribution in [0.15, 0.2) is 0 Å². The summed E-state index contributed by atoms with van der Waals surface area (Å²) in [5, 5.41) is 29.5. The third kappa shape index (κ3) is 490. The van der Waals surface area contributed by atoms with Gasteiger partial charge in [-0.2, -0.15) is 0 Å². The summed E-state index contributed by atoms with van der Waals surface area (Å²) < 4.78 is 8.34. The van der Waals surface area contributed by atoms with Crippen molar-refractivity contribution in [3.63, 3.8) is 0 Å². The van der Waals surface area contributed by atoms with Gasteiger partial charge in [0, 0.05) is 0 Å². The Kier molecular flexibility index (Phi) is 47.0. The molecular weight excluding hydrogens is 247 g/mol. The Balaban J connectivity index is -0.0000000339. The van der Waals surface area contributed by atoms with Gasteiger partial charge in [0.15, 0.2) is 0 Å². The Bertz CT molecular complexity index is 80.3. The van der Waals surface area contributed by atoms with Crippen LogP contribution in [0.4, 0.5) is 0 Å². The van der Waals surface area contributed by atoms with E-state index in [4.69, 9.17) is 33.5 Å². The summed E-state index contributed by atoms with van der Waals surface area (Å²) in [6.45, 7) is 0. The average Bonchev–Trinajstić information content (AvgIpc) is 1.66. The molecule has 11 heteroatoms. The van der Waals surface area contributed by atoms with Crippen LogP contribution in [0.2, 0.25) is 0 Å². The van der Waals surface area contributed by atoms with Gasteiger partial charge in [-0.1, -0.05) is 0 Å². The van der Waals surface area contributed by atoms with Crippen molar-refractivity contribution < 1.29 is 43.2 Å². The van der Waals surface area contributed by atoms with Gasteiger partial charge in [-0.15, -0.1) is 0 Å². The summed E-state index contributed by atoms with van der Waals surface area (Å²) in [4.78, 5) is 16.5. The molecular formula is H2N2O8Zr. The summed E-state index contributed by atoms with van der Waals surface area (Å²) >= 11 is 0.300. The molecule has 0 spiro atoms. The van der Waals surface area contributed by atoms with Gasteiger partial charge >= 0.3 is 27.5 Å². The molecule has 0 amide bonds. The van der Waals surface area contributed by atoms with Crippen LogP contribution in [0.25, 0.3) is 0 Å². The van der Waals surface area contributed by atoms with Gasteiger partial charge in [0.05, 0.1) is 10.2 Å². The second kappa shape index (κ2) is 23.0. The van der Waals surface area contributed by atoms with E-state index in [0.29, 0.717) is 24.7 Å². The van der Waals surface area contributed by atoms with E-state index in [-0.39, 0.29) is 5.48 Å². The molecule has 0 unspecified atom stereocenters. The Morgan fingerprint density at radius 3 is 0.818 bits per heavy atom. The molecule has 0 heterocycles. The molecule has 0 aliphatic carbocycles. The van der Waals surface area contributed by atoms with E-state index in [2.05, 4.69) is 0 Å². The van der Waals surface area contributed by atoms with Gasteiger partial charge in [-0.25, -0.2) is 0 Å². The summed E-state index contributed by atoms with van der Waals surface area (Å²) in [7, 11) is 0. The molecule has 11 heavy (non-hydrogen) atoms. The Morgan fingerprint density at radius 2 is 0.818 bits per heavy atom. The first-order valence-corrected chi connectivity index (χ1v) is 2.30. The maximum absolute atomic E-state index is 8.34. The van der Waals surface area contributed by atoms with Gasteiger partial charge in [-0.05, 0) is 0 Å². The Morgan fingerprint density at radius 1 is 0.818 bits per heavy atom. The first-order chi connectivity index (χ1) is 4.46. The summed E-state index contributed by atoms with van der Waals surface area (Å²) in [6.07, 6.45) is 0. The monoisotopic (exact) mass is 248 g/mol. The molecule has 0 aromatic rings. The third-order valence-electron chi connectivity index (χ3n) is 0. The molecule has 0 aliphatic heterocycles. The molecule has 64 valence electrons. The normalized spacial score (nSPS) is 4.91. The first-order valence-electron chi connectivity index (χ1n) is 1.30. The van der Waals surface area contributed by atoms with E-state index in [0.717, 1.165) is 0 Å². The molecule has 0 saturated heterocycles. The van der Waals surface area contributed by atoms with Crippen LogP contribution in [-0.2, 0) is 27.5 Å². The minimum absolute atomic E-state index is 0. The minimum atomic E-state index is -1.75. The fourth-order valence-corrected chi connectivity index (χ4v) is 0. The van der Waals surface area contributed by atoms with Crippen LogP contribution in [-0.4, -0.2) is 15.6 Å². The molecule has 2 N–H and O–H groups in total. The van der Waals surface area contributed by atoms with Crippen LogP contribution in [0.1, 0.15) is 0 Å². The summed E-state index contributed by atoms with van der Waals surface area (Å²) in [6, 6.07) is 0. The summed E-state index contributed by atoms with van der Waals surface area (Å²) in [5.41, 5.74) is 0. The molecule has 0 aromatic heterocycles. The molecule has 0 bridgehead atoms. The van der Waals surface area contributed by atoms with E-state index < -0.39 is 10.2 Å². The topological polar surface area (TPSA) is 181 Å². The quantitative estimate of drug-likeness (QED) is 0.372. The molecule has 0 rings (SSSR count). The standard InChI is InChI=1S/2NO3.H2O.O.Zr/c2*2-1(3)4;;;/h;;1H2;;/q2*-1;;;+2. The van der Waals surface area contributed by atoms with Crippen LogP contribution >= 0.6 is 0 Å². The molecule has 0 radical (unpaired) electrons. The van der Waals surface area contributed by atoms with Gasteiger partial charge in [0.25, 0.3) is 0 Å². The van der Waals surface area contributed by atoms with Crippen molar-refractivity contribution in [2.24, 2.45) is 0 Å². The van der Waals surface area contributed by atoms with E-state index in [1.54, 1.807) is 0 Å². The van der Waals surface area contributed by atoms with E-state index in [1.807, 2.05) is 0 Å². The third-order valence-corrected chi connectivity index (χ3v) is 0. The van der Waals surface area contributed by atoms with Gasteiger partial charge in [0.1, 0.15) is 0 Å². The van der Waals surface area contributed by atoms with Crippen molar-refractivity contribution in [1.82, 2.24) is 0 Å². The van der Waals surface area contributed by atoms with Crippen molar-refractivity contribution >= 4 is 0 Å². The van der Waals surface area contributed by atoms with Crippen molar-refractivity contribution in [1.29, 1.82) is 0 Å². The fraction of sp³-hybridized carbons (Fsp3) is 0. The number of rotatable bonds is 0. The molecule has 0 saturated carbocycles. The number of nitrogens with zero attached hydrogens (tertiary/aromatic N) is 2. The van der Waals surface area contributed by atoms with E-state index in [9.17, 15) is 0 Å². The predicted molar refractivity (Wildman–Crippen MR) is 25.0 cm³/mol. The second-order valence-electron chi connectivity index (χ2n) is 0.447. The Hall–Kier alpha value is -0.957. The van der Waals surface area contributed by atoms with Crippen LogP contribution in [0.5, 0.6) is 0 Å². The molecule has 0 atom stereocenters. The van der Waals surface area contributed by atoms with Gasteiger partial charge in [-0.3, -0.25) is 0 Å². The fourth-order valence-electron chi connectivity index (χ4n) is 0. The zero-order chi connectivity index (χ0) is 9.15. The Labute approximate surface area is 74.2 Å². The van der Waals surface area contributed by atoms with E-state index in [1.165, 1.54) is 0 Å². The first kappa shape index (κ1) is 22.5. The van der Waals surface area contributed by atoms with E-state index >= 15 is 0 Å². The van der Waals surface area contributed by atoms with Crippen LogP contribution in [0.3, 0.4) is 0 Å². The average molecular weight is 249 g/mol. The number of hydrogen-bond donors (Lipinski definition) is 0. The predicted octanol–water partition coefficient (Wildman–Crippen LogP) is -1.42. The van der Waals surface area contributed by atoms with Crippen molar-refractivity contribution in [3.05, 3.63) is 30.6 Å². The van der Waals surface area contributed by atoms with Crippen molar-refractivity contribution in [2.45, 2.75) is 0 Å². The summed E-state index contributed by atoms with van der Waals surface area (Å²) in [5.74, 6) is 0. The van der Waals surface area contributed by atoms with Crippen molar-refractivity contribution in [2.75, 3.05) is 0 Å². The molecule has 0 aromatic carbocycles. The maximum atomic E-state index is 8.34. The zero-order valence-corrected chi connectivity index (χ0v) is 7.21. The number of hydrogen-bond acceptors (Lipinski definition) is 7. The SMILES string of the molecule is O.O=[N+]([O-])[O-].O=[N+]([O-])[O-].[O]=[Zr+2]. The second-order valence-corrected chi connectivity index (χ2v) is 0.447. The van der Waals surface area contributed by atoms with Crippen molar-refractivity contribution in [3.8, 4) is 0 Å². The molecule has 0 fully saturated rings. The van der Waals surface area contributed by atoms with Crippen LogP contribution < -0.4 is 0 Å². The van der Waals surface area contributed by atoms with Gasteiger partial charge in [0.2, 0.25) is 0 Å². The molecule has 0 aliphatic rings.